The maximum Gasteiger partial charge on any atom is 0.421 e. The van der Waals surface area contributed by atoms with Crippen LogP contribution in [0.25, 0.3) is 16.8 Å². The Bertz CT molecular complexity index is 1120. The highest BCUT2D eigenvalue weighted by atomic mass is 35.5. The first-order chi connectivity index (χ1) is 13.7. The van der Waals surface area contributed by atoms with Crippen molar-refractivity contribution in [1.82, 2.24) is 19.3 Å². The lowest BCUT2D eigenvalue weighted by molar-refractivity contribution is -0.139. The Labute approximate surface area is 173 Å². The molecule has 0 aliphatic carbocycles. The van der Waals surface area contributed by atoms with Gasteiger partial charge in [0.15, 0.2) is 0 Å². The predicted molar refractivity (Wildman–Crippen MR) is 103 cm³/mol. The molecule has 0 aliphatic rings. The Kier molecular flexibility index (Phi) is 7.00. The highest BCUT2D eigenvalue weighted by Crippen LogP contribution is 2.36. The molecule has 0 unspecified atom stereocenters. The summed E-state index contributed by atoms with van der Waals surface area (Å²) in [5.41, 5.74) is 4.47. The minimum atomic E-state index is -4.77. The van der Waals surface area contributed by atoms with Gasteiger partial charge < -0.3 is 10.8 Å². The Morgan fingerprint density at radius 3 is 2.60 bits per heavy atom. The van der Waals surface area contributed by atoms with E-state index < -0.39 is 23.3 Å². The fourth-order valence-electron chi connectivity index (χ4n) is 2.62. The number of nitrogens with two attached hydrogens (primary N) is 1. The van der Waals surface area contributed by atoms with Crippen molar-refractivity contribution < 1.29 is 22.7 Å². The number of aromatic nitrogens is 4. The largest absolute Gasteiger partial charge is 0.493 e. The lowest BCUT2D eigenvalue weighted by atomic mass is 10.0. The molecule has 0 fully saturated rings. The third-order valence-corrected chi connectivity index (χ3v) is 4.13. The van der Waals surface area contributed by atoms with E-state index in [1.54, 1.807) is 12.1 Å². The topological polar surface area (TPSA) is 99.0 Å². The predicted octanol–water partition coefficient (Wildman–Crippen LogP) is 3.05. The van der Waals surface area contributed by atoms with Crippen LogP contribution in [0.5, 0.6) is 5.88 Å². The number of hydrogen-bond donors (Lipinski definition) is 2. The van der Waals surface area contributed by atoms with Crippen LogP contribution in [0.15, 0.2) is 59.6 Å². The molecule has 0 saturated heterocycles. The Hall–Kier alpha value is -3.18. The molecule has 2 aromatic heterocycles. The number of hydrogen-bond acceptors (Lipinski definition) is 5. The second kappa shape index (κ2) is 9.09. The number of benzene rings is 1. The number of halogens is 5. The highest BCUT2D eigenvalue weighted by Gasteiger charge is 2.35. The van der Waals surface area contributed by atoms with Gasteiger partial charge in [-0.2, -0.15) is 18.3 Å². The summed E-state index contributed by atoms with van der Waals surface area (Å²) in [6.07, 6.45) is -2.16. The summed E-state index contributed by atoms with van der Waals surface area (Å²) in [7, 11) is 0. The molecule has 0 atom stereocenters. The summed E-state index contributed by atoms with van der Waals surface area (Å²) in [4.78, 5) is 15.9. The molecule has 2 heterocycles. The molecule has 0 amide bonds. The lowest BCUT2D eigenvalue weighted by Gasteiger charge is -2.11. The van der Waals surface area contributed by atoms with Gasteiger partial charge in [-0.15, -0.1) is 12.4 Å². The van der Waals surface area contributed by atoms with E-state index in [-0.39, 0.29) is 36.6 Å². The van der Waals surface area contributed by atoms with Gasteiger partial charge in [0.25, 0.3) is 0 Å². The Morgan fingerprint density at radius 2 is 1.97 bits per heavy atom. The molecule has 12 heteroatoms. The molecule has 0 radical (unpaired) electrons. The average molecular weight is 446 g/mol. The summed E-state index contributed by atoms with van der Waals surface area (Å²) in [5.74, 6) is -1.12. The number of pyridine rings is 1. The van der Waals surface area contributed by atoms with E-state index in [4.69, 9.17) is 5.73 Å². The van der Waals surface area contributed by atoms with E-state index in [2.05, 4.69) is 10.1 Å². The van der Waals surface area contributed by atoms with Crippen LogP contribution in [-0.2, 0) is 12.7 Å². The second-order valence-corrected chi connectivity index (χ2v) is 6.06. The fourth-order valence-corrected chi connectivity index (χ4v) is 2.62. The van der Waals surface area contributed by atoms with Crippen LogP contribution in [0.1, 0.15) is 5.56 Å². The van der Waals surface area contributed by atoms with Gasteiger partial charge >= 0.3 is 11.9 Å². The van der Waals surface area contributed by atoms with Gasteiger partial charge in [-0.1, -0.05) is 12.1 Å². The van der Waals surface area contributed by atoms with Gasteiger partial charge in [0, 0.05) is 18.3 Å². The maximum absolute atomic E-state index is 13.0. The van der Waals surface area contributed by atoms with E-state index in [0.717, 1.165) is 21.5 Å². The summed E-state index contributed by atoms with van der Waals surface area (Å²) < 4.78 is 53.9. The molecule has 0 aliphatic heterocycles. The van der Waals surface area contributed by atoms with E-state index in [1.807, 2.05) is 0 Å². The van der Waals surface area contributed by atoms with Crippen molar-refractivity contribution in [2.45, 2.75) is 12.7 Å². The molecule has 3 aromatic rings. The van der Waals surface area contributed by atoms with E-state index in [1.165, 1.54) is 18.5 Å². The zero-order valence-electron chi connectivity index (χ0n) is 15.2. The van der Waals surface area contributed by atoms with Gasteiger partial charge in [0.1, 0.15) is 11.9 Å². The quantitative estimate of drug-likeness (QED) is 0.588. The van der Waals surface area contributed by atoms with E-state index >= 15 is 0 Å². The summed E-state index contributed by atoms with van der Waals surface area (Å²) in [6, 6.07) is 6.88. The van der Waals surface area contributed by atoms with Gasteiger partial charge in [0.2, 0.25) is 5.88 Å². The Balaban J connectivity index is 0.00000320. The SMILES string of the molecule is Cl.NC/C(=C\F)Cn1ncn(-c2cccc(-c3cnc(O)c(C(F)(F)F)c3)c2)c1=O. The summed E-state index contributed by atoms with van der Waals surface area (Å²) in [6.45, 7) is -0.212. The van der Waals surface area contributed by atoms with Crippen molar-refractivity contribution in [2.24, 2.45) is 5.73 Å². The second-order valence-electron chi connectivity index (χ2n) is 6.06. The van der Waals surface area contributed by atoms with Crippen LogP contribution < -0.4 is 11.4 Å². The molecule has 30 heavy (non-hydrogen) atoms. The van der Waals surface area contributed by atoms with Crippen molar-refractivity contribution in [3.63, 3.8) is 0 Å². The van der Waals surface area contributed by atoms with Crippen LogP contribution in [0.4, 0.5) is 17.6 Å². The molecule has 0 bridgehead atoms. The summed E-state index contributed by atoms with van der Waals surface area (Å²) >= 11 is 0. The minimum absolute atomic E-state index is 0. The molecular formula is C18H16ClF4N5O2. The first kappa shape index (κ1) is 23.1. The van der Waals surface area contributed by atoms with Crippen LogP contribution in [0.3, 0.4) is 0 Å². The van der Waals surface area contributed by atoms with Crippen molar-refractivity contribution in [3.05, 3.63) is 70.8 Å². The van der Waals surface area contributed by atoms with Crippen molar-refractivity contribution in [2.75, 3.05) is 6.54 Å². The first-order valence-electron chi connectivity index (χ1n) is 8.24. The molecule has 0 spiro atoms. The summed E-state index contributed by atoms with van der Waals surface area (Å²) in [5, 5.41) is 13.3. The smallest absolute Gasteiger partial charge is 0.421 e. The molecular weight excluding hydrogens is 430 g/mol. The van der Waals surface area contributed by atoms with Gasteiger partial charge in [-0.05, 0) is 29.3 Å². The van der Waals surface area contributed by atoms with Crippen molar-refractivity contribution >= 4 is 12.4 Å². The maximum atomic E-state index is 13.0. The lowest BCUT2D eigenvalue weighted by Crippen LogP contribution is -2.25. The number of aromatic hydroxyl groups is 1. The number of alkyl halides is 3. The van der Waals surface area contributed by atoms with Crippen LogP contribution >= 0.6 is 12.4 Å². The molecule has 7 nitrogen and oxygen atoms in total. The van der Waals surface area contributed by atoms with E-state index in [0.29, 0.717) is 17.6 Å². The molecule has 0 saturated carbocycles. The molecule has 3 N–H and O–H groups in total. The van der Waals surface area contributed by atoms with Gasteiger partial charge in [-0.25, -0.2) is 23.4 Å². The monoisotopic (exact) mass is 445 g/mol. The van der Waals surface area contributed by atoms with Crippen LogP contribution in [0, 0.1) is 0 Å². The number of rotatable bonds is 5. The molecule has 3 rings (SSSR count). The highest BCUT2D eigenvalue weighted by molar-refractivity contribution is 5.85. The minimum Gasteiger partial charge on any atom is -0.493 e. The van der Waals surface area contributed by atoms with Crippen molar-refractivity contribution in [3.8, 4) is 22.7 Å². The van der Waals surface area contributed by atoms with E-state index in [9.17, 15) is 27.5 Å². The Morgan fingerprint density at radius 1 is 1.23 bits per heavy atom. The van der Waals surface area contributed by atoms with Crippen LogP contribution in [-0.4, -0.2) is 31.0 Å². The standard InChI is InChI=1S/C18H15F4N5O2.ClH/c19-6-11(7-23)9-27-17(29)26(10-25-27)14-3-1-2-12(4-14)13-5-15(18(20,21)22)16(28)24-8-13;/h1-6,8,10H,7,9,23H2,(H,24,28);1H/b11-6+;. The first-order valence-corrected chi connectivity index (χ1v) is 8.24. The van der Waals surface area contributed by atoms with Crippen LogP contribution in [0.2, 0.25) is 0 Å². The average Bonchev–Trinajstić information content (AvgIpc) is 3.06. The molecule has 160 valence electrons. The number of nitrogens with zero attached hydrogens (tertiary/aromatic N) is 4. The molecule has 1 aromatic carbocycles. The van der Waals surface area contributed by atoms with Gasteiger partial charge in [-0.3, -0.25) is 0 Å². The van der Waals surface area contributed by atoms with Crippen molar-refractivity contribution in [1.29, 1.82) is 0 Å². The fraction of sp³-hybridized carbons (Fsp3) is 0.167. The van der Waals surface area contributed by atoms with Gasteiger partial charge in [0.05, 0.1) is 18.6 Å². The normalized spacial score (nSPS) is 12.0. The third kappa shape index (κ3) is 4.69. The zero-order valence-corrected chi connectivity index (χ0v) is 16.0. The zero-order chi connectivity index (χ0) is 21.2. The third-order valence-electron chi connectivity index (χ3n) is 4.13.